The Balaban J connectivity index is 1.90. The number of halogens is 1. The first-order chi connectivity index (χ1) is 15.0. The number of ether oxygens (including phenoxy) is 3. The van der Waals surface area contributed by atoms with Crippen LogP contribution in [0.2, 0.25) is 0 Å². The highest BCUT2D eigenvalue weighted by Gasteiger charge is 2.41. The zero-order valence-electron chi connectivity index (χ0n) is 17.7. The number of anilines is 1. The Morgan fingerprint density at radius 3 is 2.32 bits per heavy atom. The van der Waals surface area contributed by atoms with Crippen LogP contribution in [-0.4, -0.2) is 33.0 Å². The number of Topliss-reactive ketones (excluding diaryl/α,β-unsaturated/α-hetero) is 1. The fraction of sp³-hybridized carbons (Fsp3) is 0.333. The van der Waals surface area contributed by atoms with Crippen molar-refractivity contribution in [3.63, 3.8) is 0 Å². The van der Waals surface area contributed by atoms with Gasteiger partial charge in [0, 0.05) is 41.7 Å². The van der Waals surface area contributed by atoms with Crippen LogP contribution in [0, 0.1) is 5.82 Å². The molecule has 1 heterocycles. The maximum atomic E-state index is 13.9. The third kappa shape index (κ3) is 3.65. The first-order valence-electron chi connectivity index (χ1n) is 10.1. The van der Waals surface area contributed by atoms with E-state index in [4.69, 9.17) is 14.2 Å². The molecule has 1 atom stereocenters. The number of carbonyl (C=O) groups is 2. The SMILES string of the molecule is COc1cc(OC)c([C@@H]2CC(=O)N(c3cccc(F)c3)C3=C2C(=O)CCC3)cc1OC. The molecule has 0 aromatic heterocycles. The second-order valence-corrected chi connectivity index (χ2v) is 7.55. The highest BCUT2D eigenvalue weighted by molar-refractivity contribution is 6.07. The number of allylic oxidation sites excluding steroid dienone is 2. The number of ketones is 1. The number of methoxy groups -OCH3 is 3. The minimum Gasteiger partial charge on any atom is -0.496 e. The Labute approximate surface area is 180 Å². The molecule has 2 aromatic carbocycles. The summed E-state index contributed by atoms with van der Waals surface area (Å²) in [6.45, 7) is 0. The molecular weight excluding hydrogens is 401 g/mol. The van der Waals surface area contributed by atoms with Gasteiger partial charge >= 0.3 is 0 Å². The van der Waals surface area contributed by atoms with Crippen LogP contribution in [0.4, 0.5) is 10.1 Å². The molecule has 1 aliphatic heterocycles. The van der Waals surface area contributed by atoms with E-state index in [1.54, 1.807) is 24.3 Å². The lowest BCUT2D eigenvalue weighted by Crippen LogP contribution is -2.40. The highest BCUT2D eigenvalue weighted by atomic mass is 19.1. The van der Waals surface area contributed by atoms with E-state index in [0.717, 1.165) is 0 Å². The van der Waals surface area contributed by atoms with E-state index in [0.29, 0.717) is 59.0 Å². The van der Waals surface area contributed by atoms with Crippen LogP contribution in [0.15, 0.2) is 47.7 Å². The summed E-state index contributed by atoms with van der Waals surface area (Å²) in [5.74, 6) is 0.394. The predicted octanol–water partition coefficient (Wildman–Crippen LogP) is 4.38. The fourth-order valence-corrected chi connectivity index (χ4v) is 4.50. The summed E-state index contributed by atoms with van der Waals surface area (Å²) in [7, 11) is 4.60. The standard InChI is InChI=1S/C24H24FNO5/c1-29-20-13-22(31-3)21(30-2)11-16(20)17-12-23(28)26(15-7-4-6-14(25)10-15)18-8-5-9-19(27)24(17)18/h4,6-7,10-11,13,17H,5,8-9,12H2,1-3H3/t17-/m0/s1. The molecule has 0 spiro atoms. The molecule has 2 aromatic rings. The van der Waals surface area contributed by atoms with Gasteiger partial charge in [0.25, 0.3) is 0 Å². The van der Waals surface area contributed by atoms with Crippen LogP contribution in [0.3, 0.4) is 0 Å². The smallest absolute Gasteiger partial charge is 0.232 e. The molecule has 2 aliphatic rings. The topological polar surface area (TPSA) is 65.1 Å². The molecule has 7 heteroatoms. The molecule has 0 unspecified atom stereocenters. The molecule has 4 rings (SSSR count). The molecular formula is C24H24FNO5. The lowest BCUT2D eigenvalue weighted by atomic mass is 9.76. The van der Waals surface area contributed by atoms with E-state index in [9.17, 15) is 14.0 Å². The van der Waals surface area contributed by atoms with E-state index in [2.05, 4.69) is 0 Å². The van der Waals surface area contributed by atoms with Crippen LogP contribution in [0.5, 0.6) is 17.2 Å². The normalized spacial score (nSPS) is 18.7. The summed E-state index contributed by atoms with van der Waals surface area (Å²) >= 11 is 0. The van der Waals surface area contributed by atoms with E-state index in [1.165, 1.54) is 38.4 Å². The molecule has 0 N–H and O–H groups in total. The van der Waals surface area contributed by atoms with Gasteiger partial charge in [-0.1, -0.05) is 6.07 Å². The highest BCUT2D eigenvalue weighted by Crippen LogP contribution is 2.48. The number of benzene rings is 2. The van der Waals surface area contributed by atoms with Gasteiger partial charge in [-0.05, 0) is 37.1 Å². The largest absolute Gasteiger partial charge is 0.496 e. The summed E-state index contributed by atoms with van der Waals surface area (Å²) in [4.78, 5) is 27.9. The number of amides is 1. The Hall–Kier alpha value is -3.35. The number of rotatable bonds is 5. The summed E-state index contributed by atoms with van der Waals surface area (Å²) in [5.41, 5.74) is 2.35. The van der Waals surface area contributed by atoms with Gasteiger partial charge < -0.3 is 14.2 Å². The van der Waals surface area contributed by atoms with Crippen molar-refractivity contribution in [1.82, 2.24) is 0 Å². The molecule has 31 heavy (non-hydrogen) atoms. The predicted molar refractivity (Wildman–Crippen MR) is 113 cm³/mol. The quantitative estimate of drug-likeness (QED) is 0.711. The van der Waals surface area contributed by atoms with Gasteiger partial charge in [0.05, 0.1) is 27.0 Å². The number of hydrogen-bond donors (Lipinski definition) is 0. The lowest BCUT2D eigenvalue weighted by molar-refractivity contribution is -0.119. The zero-order chi connectivity index (χ0) is 22.1. The number of hydrogen-bond acceptors (Lipinski definition) is 5. The van der Waals surface area contributed by atoms with Crippen molar-refractivity contribution in [2.45, 2.75) is 31.6 Å². The molecule has 6 nitrogen and oxygen atoms in total. The Kier molecular flexibility index (Phi) is 5.67. The monoisotopic (exact) mass is 425 g/mol. The number of carbonyl (C=O) groups excluding carboxylic acids is 2. The molecule has 0 radical (unpaired) electrons. The van der Waals surface area contributed by atoms with Crippen molar-refractivity contribution in [3.05, 3.63) is 59.0 Å². The van der Waals surface area contributed by atoms with Crippen LogP contribution in [0.25, 0.3) is 0 Å². The van der Waals surface area contributed by atoms with E-state index < -0.39 is 11.7 Å². The molecule has 1 aliphatic carbocycles. The third-order valence-electron chi connectivity index (χ3n) is 5.85. The van der Waals surface area contributed by atoms with Gasteiger partial charge in [-0.25, -0.2) is 4.39 Å². The third-order valence-corrected chi connectivity index (χ3v) is 5.85. The summed E-state index contributed by atoms with van der Waals surface area (Å²) in [6.07, 6.45) is 1.69. The van der Waals surface area contributed by atoms with Gasteiger partial charge in [0.1, 0.15) is 11.6 Å². The average molecular weight is 425 g/mol. The van der Waals surface area contributed by atoms with Gasteiger partial charge in [0.2, 0.25) is 5.91 Å². The van der Waals surface area contributed by atoms with Crippen LogP contribution in [-0.2, 0) is 9.59 Å². The van der Waals surface area contributed by atoms with E-state index in [1.807, 2.05) is 0 Å². The van der Waals surface area contributed by atoms with Gasteiger partial charge in [0.15, 0.2) is 17.3 Å². The van der Waals surface area contributed by atoms with Crippen molar-refractivity contribution in [2.75, 3.05) is 26.2 Å². The van der Waals surface area contributed by atoms with Gasteiger partial charge in [-0.3, -0.25) is 14.5 Å². The Morgan fingerprint density at radius 2 is 1.65 bits per heavy atom. The Bertz CT molecular complexity index is 1080. The molecule has 162 valence electrons. The van der Waals surface area contributed by atoms with Crippen LogP contribution >= 0.6 is 0 Å². The van der Waals surface area contributed by atoms with Crippen molar-refractivity contribution >= 4 is 17.4 Å². The first-order valence-corrected chi connectivity index (χ1v) is 10.1. The number of nitrogens with zero attached hydrogens (tertiary/aromatic N) is 1. The van der Waals surface area contributed by atoms with Crippen LogP contribution in [0.1, 0.15) is 37.2 Å². The summed E-state index contributed by atoms with van der Waals surface area (Å²) < 4.78 is 30.3. The maximum Gasteiger partial charge on any atom is 0.232 e. The Morgan fingerprint density at radius 1 is 0.935 bits per heavy atom. The molecule has 0 fully saturated rings. The summed E-state index contributed by atoms with van der Waals surface area (Å²) in [5, 5.41) is 0. The van der Waals surface area contributed by atoms with Crippen LogP contribution < -0.4 is 19.1 Å². The first kappa shape index (κ1) is 20.9. The van der Waals surface area contributed by atoms with E-state index >= 15 is 0 Å². The second-order valence-electron chi connectivity index (χ2n) is 7.55. The van der Waals surface area contributed by atoms with Crippen molar-refractivity contribution in [3.8, 4) is 17.2 Å². The molecule has 1 amide bonds. The lowest BCUT2D eigenvalue weighted by Gasteiger charge is -2.38. The van der Waals surface area contributed by atoms with E-state index in [-0.39, 0.29) is 18.1 Å². The van der Waals surface area contributed by atoms with Crippen molar-refractivity contribution in [2.24, 2.45) is 0 Å². The maximum absolute atomic E-state index is 13.9. The van der Waals surface area contributed by atoms with Gasteiger partial charge in [-0.15, -0.1) is 0 Å². The second kappa shape index (κ2) is 8.41. The van der Waals surface area contributed by atoms with Gasteiger partial charge in [-0.2, -0.15) is 0 Å². The molecule has 0 saturated carbocycles. The molecule has 0 saturated heterocycles. The minimum atomic E-state index is -0.477. The molecule has 0 bridgehead atoms. The minimum absolute atomic E-state index is 0.00279. The zero-order valence-corrected chi connectivity index (χ0v) is 17.7. The summed E-state index contributed by atoms with van der Waals surface area (Å²) in [6, 6.07) is 9.36. The van der Waals surface area contributed by atoms with Crippen molar-refractivity contribution in [1.29, 1.82) is 0 Å². The van der Waals surface area contributed by atoms with Crippen molar-refractivity contribution < 1.29 is 28.2 Å². The fourth-order valence-electron chi connectivity index (χ4n) is 4.50. The average Bonchev–Trinajstić information content (AvgIpc) is 2.77.